The highest BCUT2D eigenvalue weighted by atomic mass is 16.6. The normalized spacial score (nSPS) is 17.6. The Balaban J connectivity index is 1.72. The van der Waals surface area contributed by atoms with Crippen LogP contribution in [0.4, 0.5) is 11.4 Å². The van der Waals surface area contributed by atoms with Crippen molar-refractivity contribution in [1.29, 1.82) is 0 Å². The number of β-lactam (4-membered cyclic amide) rings is 1. The maximum absolute atomic E-state index is 13.1. The molecule has 0 N–H and O–H groups in total. The van der Waals surface area contributed by atoms with Crippen LogP contribution in [0.1, 0.15) is 11.6 Å². The Morgan fingerprint density at radius 3 is 2.29 bits per heavy atom. The minimum absolute atomic E-state index is 0.0939. The van der Waals surface area contributed by atoms with E-state index in [1.807, 2.05) is 18.2 Å². The number of ether oxygens (including phenoxy) is 3. The lowest BCUT2D eigenvalue weighted by atomic mass is 9.89. The predicted octanol–water partition coefficient (Wildman–Crippen LogP) is 4.15. The first-order valence-electron chi connectivity index (χ1n) is 9.54. The molecule has 2 atom stereocenters. The maximum atomic E-state index is 13.1. The third kappa shape index (κ3) is 3.75. The molecule has 3 aromatic rings. The smallest absolute Gasteiger partial charge is 0.271 e. The SMILES string of the molecule is COc1ccc(O[C@@H]2C(=O)N(c3cccc([N+](=O)[O-])c3)[C@@H]2c2ccccc2OC)cc1. The number of nitrogens with zero attached hydrogens (tertiary/aromatic N) is 2. The minimum atomic E-state index is -0.816. The van der Waals surface area contributed by atoms with Gasteiger partial charge in [-0.1, -0.05) is 24.3 Å². The summed E-state index contributed by atoms with van der Waals surface area (Å²) in [6, 6.07) is 19.7. The van der Waals surface area contributed by atoms with E-state index >= 15 is 0 Å². The van der Waals surface area contributed by atoms with E-state index in [0.29, 0.717) is 22.9 Å². The number of hydrogen-bond donors (Lipinski definition) is 0. The van der Waals surface area contributed by atoms with Gasteiger partial charge in [-0.05, 0) is 36.4 Å². The van der Waals surface area contributed by atoms with Crippen molar-refractivity contribution in [2.75, 3.05) is 19.1 Å². The van der Waals surface area contributed by atoms with Gasteiger partial charge in [0.15, 0.2) is 0 Å². The summed E-state index contributed by atoms with van der Waals surface area (Å²) in [4.78, 5) is 25.4. The van der Waals surface area contributed by atoms with E-state index < -0.39 is 17.1 Å². The van der Waals surface area contributed by atoms with E-state index in [9.17, 15) is 14.9 Å². The topological polar surface area (TPSA) is 91.1 Å². The number of carbonyl (C=O) groups is 1. The highest BCUT2D eigenvalue weighted by Crippen LogP contribution is 2.44. The van der Waals surface area contributed by atoms with E-state index in [0.717, 1.165) is 5.56 Å². The van der Waals surface area contributed by atoms with Crippen LogP contribution in [0.5, 0.6) is 17.2 Å². The number of hydrogen-bond acceptors (Lipinski definition) is 6. The number of para-hydroxylation sites is 1. The number of benzene rings is 3. The van der Waals surface area contributed by atoms with Crippen molar-refractivity contribution in [2.24, 2.45) is 0 Å². The molecule has 0 bridgehead atoms. The highest BCUT2D eigenvalue weighted by Gasteiger charge is 2.52. The van der Waals surface area contributed by atoms with Crippen LogP contribution >= 0.6 is 0 Å². The first kappa shape index (κ1) is 20.2. The molecule has 4 rings (SSSR count). The van der Waals surface area contributed by atoms with Gasteiger partial charge < -0.3 is 14.2 Å². The molecule has 1 amide bonds. The number of non-ortho nitro benzene ring substituents is 1. The number of carbonyl (C=O) groups excluding carboxylic acids is 1. The first-order chi connectivity index (χ1) is 15.0. The molecular weight excluding hydrogens is 400 g/mol. The first-order valence-corrected chi connectivity index (χ1v) is 9.54. The Hall–Kier alpha value is -4.07. The predicted molar refractivity (Wildman–Crippen MR) is 114 cm³/mol. The molecule has 0 spiro atoms. The lowest BCUT2D eigenvalue weighted by Crippen LogP contribution is -2.61. The third-order valence-corrected chi connectivity index (χ3v) is 5.14. The van der Waals surface area contributed by atoms with Crippen LogP contribution in [0, 0.1) is 10.1 Å². The number of nitro benzene ring substituents is 1. The summed E-state index contributed by atoms with van der Waals surface area (Å²) in [7, 11) is 3.12. The average Bonchev–Trinajstić information content (AvgIpc) is 2.81. The van der Waals surface area contributed by atoms with Crippen LogP contribution in [0.25, 0.3) is 0 Å². The Morgan fingerprint density at radius 1 is 0.903 bits per heavy atom. The van der Waals surface area contributed by atoms with Gasteiger partial charge in [-0.3, -0.25) is 19.8 Å². The number of rotatable bonds is 7. The summed E-state index contributed by atoms with van der Waals surface area (Å²) in [5.74, 6) is 1.48. The summed E-state index contributed by atoms with van der Waals surface area (Å²) < 4.78 is 16.7. The molecule has 1 aliphatic rings. The molecule has 0 unspecified atom stereocenters. The fraction of sp³-hybridized carbons (Fsp3) is 0.174. The molecule has 0 aromatic heterocycles. The Kier molecular flexibility index (Phi) is 5.44. The van der Waals surface area contributed by atoms with E-state index in [1.165, 1.54) is 17.0 Å². The molecule has 31 heavy (non-hydrogen) atoms. The zero-order valence-corrected chi connectivity index (χ0v) is 16.9. The summed E-state index contributed by atoms with van der Waals surface area (Å²) in [6.07, 6.45) is -0.816. The van der Waals surface area contributed by atoms with E-state index in [2.05, 4.69) is 0 Å². The summed E-state index contributed by atoms with van der Waals surface area (Å²) in [5.41, 5.74) is 1.07. The van der Waals surface area contributed by atoms with E-state index in [4.69, 9.17) is 14.2 Å². The highest BCUT2D eigenvalue weighted by molar-refractivity contribution is 6.05. The average molecular weight is 420 g/mol. The maximum Gasteiger partial charge on any atom is 0.271 e. The van der Waals surface area contributed by atoms with E-state index in [1.54, 1.807) is 56.7 Å². The largest absolute Gasteiger partial charge is 0.497 e. The van der Waals surface area contributed by atoms with Crippen LogP contribution in [-0.4, -0.2) is 31.2 Å². The molecule has 158 valence electrons. The second-order valence-electron chi connectivity index (χ2n) is 6.89. The van der Waals surface area contributed by atoms with Crippen LogP contribution in [0.2, 0.25) is 0 Å². The van der Waals surface area contributed by atoms with E-state index in [-0.39, 0.29) is 11.6 Å². The summed E-state index contributed by atoms with van der Waals surface area (Å²) >= 11 is 0. The van der Waals surface area contributed by atoms with Crippen molar-refractivity contribution in [3.8, 4) is 17.2 Å². The van der Waals surface area contributed by atoms with Gasteiger partial charge in [0.25, 0.3) is 11.6 Å². The minimum Gasteiger partial charge on any atom is -0.497 e. The van der Waals surface area contributed by atoms with Crippen molar-refractivity contribution in [3.63, 3.8) is 0 Å². The molecule has 0 aliphatic carbocycles. The van der Waals surface area contributed by atoms with Crippen LogP contribution in [0.3, 0.4) is 0 Å². The molecule has 0 radical (unpaired) electrons. The molecule has 0 saturated carbocycles. The monoisotopic (exact) mass is 420 g/mol. The van der Waals surface area contributed by atoms with Gasteiger partial charge in [0.05, 0.1) is 24.8 Å². The number of nitro groups is 1. The van der Waals surface area contributed by atoms with Crippen molar-refractivity contribution >= 4 is 17.3 Å². The zero-order chi connectivity index (χ0) is 22.0. The lowest BCUT2D eigenvalue weighted by Gasteiger charge is -2.46. The van der Waals surface area contributed by atoms with Gasteiger partial charge in [-0.15, -0.1) is 0 Å². The van der Waals surface area contributed by atoms with Gasteiger partial charge in [0.1, 0.15) is 23.3 Å². The fourth-order valence-electron chi connectivity index (χ4n) is 3.64. The third-order valence-electron chi connectivity index (χ3n) is 5.14. The molecule has 8 nitrogen and oxygen atoms in total. The van der Waals surface area contributed by atoms with Crippen LogP contribution in [0.15, 0.2) is 72.8 Å². The molecule has 1 saturated heterocycles. The molecule has 1 fully saturated rings. The fourth-order valence-corrected chi connectivity index (χ4v) is 3.64. The lowest BCUT2D eigenvalue weighted by molar-refractivity contribution is -0.384. The standard InChI is InChI=1S/C23H20N2O6/c1-29-17-10-12-18(13-11-17)31-22-21(19-8-3-4-9-20(19)30-2)24(23(22)26)15-6-5-7-16(14-15)25(27)28/h3-14,21-22H,1-2H3/t21-,22+/m1/s1. The second-order valence-corrected chi connectivity index (χ2v) is 6.89. The number of methoxy groups -OCH3 is 2. The quantitative estimate of drug-likeness (QED) is 0.324. The van der Waals surface area contributed by atoms with Crippen molar-refractivity contribution < 1.29 is 23.9 Å². The molecule has 1 aliphatic heterocycles. The Morgan fingerprint density at radius 2 is 1.61 bits per heavy atom. The van der Waals surface area contributed by atoms with Crippen LogP contribution in [-0.2, 0) is 4.79 Å². The van der Waals surface area contributed by atoms with Crippen molar-refractivity contribution in [3.05, 3.63) is 88.5 Å². The number of amides is 1. The Bertz CT molecular complexity index is 1120. The van der Waals surface area contributed by atoms with Crippen molar-refractivity contribution in [2.45, 2.75) is 12.1 Å². The van der Waals surface area contributed by atoms with Gasteiger partial charge in [-0.25, -0.2) is 0 Å². The molecule has 1 heterocycles. The van der Waals surface area contributed by atoms with Gasteiger partial charge in [0, 0.05) is 17.7 Å². The van der Waals surface area contributed by atoms with Crippen molar-refractivity contribution in [1.82, 2.24) is 0 Å². The van der Waals surface area contributed by atoms with Gasteiger partial charge in [-0.2, -0.15) is 0 Å². The Labute approximate surface area is 178 Å². The number of anilines is 1. The van der Waals surface area contributed by atoms with Crippen LogP contribution < -0.4 is 19.1 Å². The molecular formula is C23H20N2O6. The second kappa shape index (κ2) is 8.35. The van der Waals surface area contributed by atoms with Gasteiger partial charge in [0.2, 0.25) is 6.10 Å². The summed E-state index contributed by atoms with van der Waals surface area (Å²) in [5, 5.41) is 11.2. The van der Waals surface area contributed by atoms with Gasteiger partial charge >= 0.3 is 0 Å². The molecule has 8 heteroatoms. The molecule has 3 aromatic carbocycles. The zero-order valence-electron chi connectivity index (χ0n) is 16.9. The summed E-state index contributed by atoms with van der Waals surface area (Å²) in [6.45, 7) is 0.